The molecule has 7 nitrogen and oxygen atoms in total. The average Bonchev–Trinajstić information content (AvgIpc) is 3.15. The Labute approximate surface area is 294 Å². The van der Waals surface area contributed by atoms with Gasteiger partial charge >= 0.3 is 0 Å². The van der Waals surface area contributed by atoms with E-state index >= 15 is 0 Å². The van der Waals surface area contributed by atoms with Crippen molar-refractivity contribution < 1.29 is 18.8 Å². The van der Waals surface area contributed by atoms with Gasteiger partial charge in [0, 0.05) is 55.9 Å². The Morgan fingerprint density at radius 2 is 1.43 bits per heavy atom. The third kappa shape index (κ3) is 7.97. The number of piperidine rings is 1. The van der Waals surface area contributed by atoms with Crippen molar-refractivity contribution in [2.75, 3.05) is 33.0 Å². The lowest BCUT2D eigenvalue weighted by molar-refractivity contribution is -0.675. The Kier molecular flexibility index (Phi) is 11.3. The van der Waals surface area contributed by atoms with Crippen molar-refractivity contribution in [2.24, 2.45) is 0 Å². The Balaban J connectivity index is 1.25. The van der Waals surface area contributed by atoms with Crippen molar-refractivity contribution in [1.29, 1.82) is 0 Å². The van der Waals surface area contributed by atoms with Crippen LogP contribution in [-0.2, 0) is 11.3 Å². The first-order valence-corrected chi connectivity index (χ1v) is 17.3. The number of nitrogens with zero attached hydrogens (tertiary/aromatic N) is 2. The van der Waals surface area contributed by atoms with Gasteiger partial charge in [-0.2, -0.15) is 4.57 Å². The topological polar surface area (TPSA) is 80.7 Å². The van der Waals surface area contributed by atoms with E-state index in [0.29, 0.717) is 22.0 Å². The van der Waals surface area contributed by atoms with Crippen molar-refractivity contribution in [1.82, 2.24) is 10.2 Å². The van der Waals surface area contributed by atoms with Gasteiger partial charge in [-0.3, -0.25) is 9.69 Å². The number of hydrogen-bond donors (Lipinski definition) is 2. The fourth-order valence-electron chi connectivity index (χ4n) is 6.78. The van der Waals surface area contributed by atoms with E-state index in [4.69, 9.17) is 26.8 Å². The number of nitrogen functional groups attached to an aromatic ring is 1. The predicted molar refractivity (Wildman–Crippen MR) is 197 cm³/mol. The van der Waals surface area contributed by atoms with Gasteiger partial charge in [-0.1, -0.05) is 78.3 Å². The highest BCUT2D eigenvalue weighted by atomic mass is 35.5. The van der Waals surface area contributed by atoms with Gasteiger partial charge in [-0.25, -0.2) is 0 Å². The summed E-state index contributed by atoms with van der Waals surface area (Å²) in [5.41, 5.74) is 13.8. The molecular weight excluding hydrogens is 632 g/mol. The maximum absolute atomic E-state index is 13.6. The standard InChI is InChI=1S/C41H43ClN4O3/c1-48-38-21-14-23-45(40(38)44-41(47)33-27-34(42)35(43)28-39(33)49-2)22-12-13-24-46-36(30-17-8-4-9-18-30)25-32(29-15-6-3-7-16-29)26-37(46)31-19-10-5-11-20-31/h3-11,15-20,25-28,38,40H,12-14,21-24H2,1-2H3,(H2-,43,44,47)/p+1. The summed E-state index contributed by atoms with van der Waals surface area (Å²) in [6, 6.07) is 39.6. The SMILES string of the molecule is COc1cc(N)c(Cl)cc1C(=O)NC1C(OC)CCCN1CCCC[n+]1c(-c2ccccc2)cc(-c2ccccc2)cc1-c1ccccc1. The van der Waals surface area contributed by atoms with Crippen molar-refractivity contribution in [3.63, 3.8) is 0 Å². The zero-order valence-corrected chi connectivity index (χ0v) is 28.9. The van der Waals surface area contributed by atoms with Gasteiger partial charge in [0.2, 0.25) is 11.4 Å². The Morgan fingerprint density at radius 3 is 2.00 bits per heavy atom. The maximum Gasteiger partial charge on any atom is 0.256 e. The molecule has 3 N–H and O–H groups in total. The molecule has 2 unspecified atom stereocenters. The number of carbonyl (C=O) groups is 1. The van der Waals surface area contributed by atoms with Crippen LogP contribution in [0.1, 0.15) is 36.0 Å². The smallest absolute Gasteiger partial charge is 0.256 e. The molecule has 2 atom stereocenters. The highest BCUT2D eigenvalue weighted by Crippen LogP contribution is 2.31. The van der Waals surface area contributed by atoms with Gasteiger partial charge in [0.25, 0.3) is 5.91 Å². The summed E-state index contributed by atoms with van der Waals surface area (Å²) >= 11 is 6.29. The molecule has 0 saturated carbocycles. The highest BCUT2D eigenvalue weighted by molar-refractivity contribution is 6.33. The van der Waals surface area contributed by atoms with Crippen molar-refractivity contribution in [3.05, 3.63) is 126 Å². The molecule has 1 aromatic heterocycles. The summed E-state index contributed by atoms with van der Waals surface area (Å²) in [6.45, 7) is 2.52. The second kappa shape index (κ2) is 16.1. The van der Waals surface area contributed by atoms with E-state index in [1.54, 1.807) is 19.2 Å². The molecule has 1 fully saturated rings. The van der Waals surface area contributed by atoms with E-state index in [9.17, 15) is 4.79 Å². The second-order valence-electron chi connectivity index (χ2n) is 12.4. The minimum absolute atomic E-state index is 0.137. The van der Waals surface area contributed by atoms with Crippen molar-refractivity contribution in [2.45, 2.75) is 44.5 Å². The van der Waals surface area contributed by atoms with Crippen LogP contribution in [0, 0.1) is 0 Å². The zero-order valence-electron chi connectivity index (χ0n) is 28.1. The number of nitrogens with one attached hydrogen (secondary N) is 1. The lowest BCUT2D eigenvalue weighted by atomic mass is 9.98. The first-order valence-electron chi connectivity index (χ1n) is 16.9. The first-order chi connectivity index (χ1) is 24.0. The fourth-order valence-corrected chi connectivity index (χ4v) is 6.94. The molecule has 0 aliphatic carbocycles. The lowest BCUT2D eigenvalue weighted by Gasteiger charge is -2.41. The number of methoxy groups -OCH3 is 2. The van der Waals surface area contributed by atoms with E-state index in [1.807, 2.05) is 0 Å². The number of halogens is 1. The Hall–Kier alpha value is -4.69. The van der Waals surface area contributed by atoms with Crippen LogP contribution in [0.25, 0.3) is 33.6 Å². The molecule has 2 heterocycles. The highest BCUT2D eigenvalue weighted by Gasteiger charge is 2.33. The molecule has 0 bridgehead atoms. The number of hydrogen-bond acceptors (Lipinski definition) is 5. The van der Waals surface area contributed by atoms with Crippen LogP contribution >= 0.6 is 11.6 Å². The number of unbranched alkanes of at least 4 members (excludes halogenated alkanes) is 1. The van der Waals surface area contributed by atoms with Crippen LogP contribution in [0.4, 0.5) is 5.69 Å². The van der Waals surface area contributed by atoms with Crippen LogP contribution in [-0.4, -0.2) is 50.4 Å². The molecule has 0 radical (unpaired) electrons. The Bertz CT molecular complexity index is 1790. The molecule has 49 heavy (non-hydrogen) atoms. The van der Waals surface area contributed by atoms with E-state index in [1.165, 1.54) is 40.8 Å². The van der Waals surface area contributed by atoms with E-state index in [-0.39, 0.29) is 18.2 Å². The van der Waals surface area contributed by atoms with Crippen LogP contribution in [0.5, 0.6) is 5.75 Å². The quantitative estimate of drug-likeness (QED) is 0.0800. The van der Waals surface area contributed by atoms with Crippen molar-refractivity contribution in [3.8, 4) is 39.4 Å². The summed E-state index contributed by atoms with van der Waals surface area (Å²) in [5.74, 6) is 0.112. The molecule has 1 amide bonds. The molecule has 5 aromatic rings. The second-order valence-corrected chi connectivity index (χ2v) is 12.8. The summed E-state index contributed by atoms with van der Waals surface area (Å²) in [7, 11) is 3.23. The van der Waals surface area contributed by atoms with Crippen molar-refractivity contribution >= 4 is 23.2 Å². The Morgan fingerprint density at radius 1 is 0.837 bits per heavy atom. The molecule has 4 aromatic carbocycles. The third-order valence-electron chi connectivity index (χ3n) is 9.31. The summed E-state index contributed by atoms with van der Waals surface area (Å²) < 4.78 is 13.8. The van der Waals surface area contributed by atoms with Gasteiger partial charge < -0.3 is 20.5 Å². The molecule has 6 rings (SSSR count). The van der Waals surface area contributed by atoms with E-state index in [2.05, 4.69) is 118 Å². The number of anilines is 1. The number of amides is 1. The minimum atomic E-state index is -0.287. The monoisotopic (exact) mass is 675 g/mol. The number of pyridine rings is 1. The minimum Gasteiger partial charge on any atom is -0.496 e. The predicted octanol–water partition coefficient (Wildman–Crippen LogP) is 7.87. The normalized spacial score (nSPS) is 16.3. The number of aromatic nitrogens is 1. The molecule has 1 aliphatic heterocycles. The zero-order chi connectivity index (χ0) is 34.2. The van der Waals surface area contributed by atoms with Gasteiger partial charge in [-0.05, 0) is 60.7 Å². The van der Waals surface area contributed by atoms with Gasteiger partial charge in [-0.15, -0.1) is 0 Å². The largest absolute Gasteiger partial charge is 0.496 e. The molecule has 1 aliphatic rings. The molecule has 0 spiro atoms. The summed E-state index contributed by atoms with van der Waals surface area (Å²) in [6.07, 6.45) is 3.32. The summed E-state index contributed by atoms with van der Waals surface area (Å²) in [5, 5.41) is 3.54. The number of likely N-dealkylation sites (tertiary alicyclic amines) is 1. The number of nitrogens with two attached hydrogens (primary N) is 1. The average molecular weight is 676 g/mol. The van der Waals surface area contributed by atoms with Gasteiger partial charge in [0.15, 0.2) is 0 Å². The van der Waals surface area contributed by atoms with Crippen LogP contribution in [0.15, 0.2) is 115 Å². The number of ether oxygens (including phenoxy) is 2. The van der Waals surface area contributed by atoms with Crippen LogP contribution < -0.4 is 20.4 Å². The fraction of sp³-hybridized carbons (Fsp3) is 0.268. The van der Waals surface area contributed by atoms with Crippen LogP contribution in [0.3, 0.4) is 0 Å². The number of benzene rings is 4. The van der Waals surface area contributed by atoms with E-state index in [0.717, 1.165) is 45.3 Å². The van der Waals surface area contributed by atoms with Crippen LogP contribution in [0.2, 0.25) is 5.02 Å². The van der Waals surface area contributed by atoms with E-state index < -0.39 is 0 Å². The third-order valence-corrected chi connectivity index (χ3v) is 9.64. The lowest BCUT2D eigenvalue weighted by Crippen LogP contribution is -2.58. The molecule has 8 heteroatoms. The molecule has 252 valence electrons. The van der Waals surface area contributed by atoms with Gasteiger partial charge in [0.1, 0.15) is 18.5 Å². The number of carbonyl (C=O) groups excluding carboxylic acids is 1. The summed E-state index contributed by atoms with van der Waals surface area (Å²) in [4.78, 5) is 15.9. The number of rotatable bonds is 12. The first kappa shape index (κ1) is 34.2. The van der Waals surface area contributed by atoms with Gasteiger partial charge in [0.05, 0.1) is 29.5 Å². The maximum atomic E-state index is 13.6. The molecular formula is C41H44ClN4O3+. The molecule has 1 saturated heterocycles.